The van der Waals surface area contributed by atoms with E-state index in [1.807, 2.05) is 18.2 Å². The van der Waals surface area contributed by atoms with Crippen LogP contribution in [0.5, 0.6) is 0 Å². The highest BCUT2D eigenvalue weighted by molar-refractivity contribution is 5.94. The maximum Gasteiger partial charge on any atom is 0.254 e. The van der Waals surface area contributed by atoms with Crippen molar-refractivity contribution in [2.75, 3.05) is 26.3 Å². The van der Waals surface area contributed by atoms with E-state index < -0.39 is 0 Å². The summed E-state index contributed by atoms with van der Waals surface area (Å²) in [6, 6.07) is 5.88. The number of morpholine rings is 1. The van der Waals surface area contributed by atoms with Crippen LogP contribution in [0, 0.1) is 0 Å². The zero-order valence-corrected chi connectivity index (χ0v) is 10.8. The van der Waals surface area contributed by atoms with E-state index in [0.29, 0.717) is 19.7 Å². The zero-order valence-electron chi connectivity index (χ0n) is 10.8. The summed E-state index contributed by atoms with van der Waals surface area (Å²) in [5.74, 6) is 0.0245. The number of ether oxygens (including phenoxy) is 1. The van der Waals surface area contributed by atoms with Crippen molar-refractivity contribution in [2.24, 2.45) is 0 Å². The van der Waals surface area contributed by atoms with Crippen molar-refractivity contribution in [3.63, 3.8) is 0 Å². The largest absolute Gasteiger partial charge is 0.394 e. The van der Waals surface area contributed by atoms with Crippen molar-refractivity contribution in [2.45, 2.75) is 19.2 Å². The SMILES string of the molecule is O=C(c1ccc2c(c1)CNC2)N1CCOC(CO)C1. The van der Waals surface area contributed by atoms with Gasteiger partial charge in [0.05, 0.1) is 19.3 Å². The fourth-order valence-electron chi connectivity index (χ4n) is 2.62. The molecule has 1 amide bonds. The van der Waals surface area contributed by atoms with E-state index in [-0.39, 0.29) is 18.6 Å². The topological polar surface area (TPSA) is 61.8 Å². The number of benzene rings is 1. The molecule has 0 saturated carbocycles. The van der Waals surface area contributed by atoms with Gasteiger partial charge in [-0.15, -0.1) is 0 Å². The Labute approximate surface area is 112 Å². The first kappa shape index (κ1) is 12.6. The van der Waals surface area contributed by atoms with E-state index in [9.17, 15) is 4.79 Å². The van der Waals surface area contributed by atoms with E-state index in [2.05, 4.69) is 5.32 Å². The maximum atomic E-state index is 12.4. The van der Waals surface area contributed by atoms with Gasteiger partial charge in [0.25, 0.3) is 5.91 Å². The van der Waals surface area contributed by atoms with Crippen LogP contribution < -0.4 is 5.32 Å². The number of nitrogens with one attached hydrogen (secondary N) is 1. The minimum absolute atomic E-state index is 0.0245. The van der Waals surface area contributed by atoms with Crippen LogP contribution in [0.4, 0.5) is 0 Å². The molecule has 1 atom stereocenters. The standard InChI is InChI=1S/C14H18N2O3/c17-9-13-8-16(3-4-19-13)14(18)10-1-2-11-6-15-7-12(11)5-10/h1-2,5,13,15,17H,3-4,6-9H2. The lowest BCUT2D eigenvalue weighted by Crippen LogP contribution is -2.46. The van der Waals surface area contributed by atoms with Crippen LogP contribution in [-0.4, -0.2) is 48.3 Å². The van der Waals surface area contributed by atoms with Crippen molar-refractivity contribution in [1.82, 2.24) is 10.2 Å². The van der Waals surface area contributed by atoms with Gasteiger partial charge in [-0.3, -0.25) is 4.79 Å². The Hall–Kier alpha value is -1.43. The van der Waals surface area contributed by atoms with Gasteiger partial charge < -0.3 is 20.1 Å². The Morgan fingerprint density at radius 2 is 2.26 bits per heavy atom. The molecule has 1 aromatic rings. The molecule has 2 aliphatic heterocycles. The van der Waals surface area contributed by atoms with Gasteiger partial charge in [0, 0.05) is 31.7 Å². The Morgan fingerprint density at radius 1 is 1.42 bits per heavy atom. The average molecular weight is 262 g/mol. The minimum Gasteiger partial charge on any atom is -0.394 e. The summed E-state index contributed by atoms with van der Waals surface area (Å²) in [4.78, 5) is 14.2. The fraction of sp³-hybridized carbons (Fsp3) is 0.500. The van der Waals surface area contributed by atoms with E-state index in [1.54, 1.807) is 4.90 Å². The Kier molecular flexibility index (Phi) is 3.50. The molecule has 2 N–H and O–H groups in total. The lowest BCUT2D eigenvalue weighted by Gasteiger charge is -2.32. The number of amides is 1. The van der Waals surface area contributed by atoms with Crippen molar-refractivity contribution in [3.8, 4) is 0 Å². The molecule has 0 bridgehead atoms. The van der Waals surface area contributed by atoms with Gasteiger partial charge in [-0.05, 0) is 23.3 Å². The molecule has 1 saturated heterocycles. The van der Waals surface area contributed by atoms with Crippen LogP contribution in [0.15, 0.2) is 18.2 Å². The third kappa shape index (κ3) is 2.49. The van der Waals surface area contributed by atoms with E-state index in [4.69, 9.17) is 9.84 Å². The summed E-state index contributed by atoms with van der Waals surface area (Å²) < 4.78 is 5.36. The normalized spacial score (nSPS) is 22.4. The number of hydrogen-bond donors (Lipinski definition) is 2. The van der Waals surface area contributed by atoms with Crippen molar-refractivity contribution < 1.29 is 14.6 Å². The van der Waals surface area contributed by atoms with E-state index in [0.717, 1.165) is 18.7 Å². The second kappa shape index (κ2) is 5.28. The summed E-state index contributed by atoms with van der Waals surface area (Å²) >= 11 is 0. The lowest BCUT2D eigenvalue weighted by atomic mass is 10.1. The minimum atomic E-state index is -0.256. The molecule has 5 heteroatoms. The first-order valence-electron chi connectivity index (χ1n) is 6.62. The van der Waals surface area contributed by atoms with Crippen LogP contribution in [0.3, 0.4) is 0 Å². The molecule has 0 spiro atoms. The molecule has 1 fully saturated rings. The van der Waals surface area contributed by atoms with Crippen LogP contribution in [-0.2, 0) is 17.8 Å². The van der Waals surface area contributed by atoms with Crippen molar-refractivity contribution >= 4 is 5.91 Å². The van der Waals surface area contributed by atoms with Crippen LogP contribution in [0.2, 0.25) is 0 Å². The van der Waals surface area contributed by atoms with E-state index in [1.165, 1.54) is 11.1 Å². The molecular weight excluding hydrogens is 244 g/mol. The predicted octanol–water partition coefficient (Wildman–Crippen LogP) is 0.123. The molecule has 19 heavy (non-hydrogen) atoms. The Morgan fingerprint density at radius 3 is 3.11 bits per heavy atom. The third-order valence-corrected chi connectivity index (χ3v) is 3.71. The average Bonchev–Trinajstić information content (AvgIpc) is 2.94. The van der Waals surface area contributed by atoms with Crippen LogP contribution in [0.1, 0.15) is 21.5 Å². The van der Waals surface area contributed by atoms with Gasteiger partial charge in [0.1, 0.15) is 0 Å². The molecule has 0 aromatic heterocycles. The molecule has 102 valence electrons. The molecule has 2 aliphatic rings. The lowest BCUT2D eigenvalue weighted by molar-refractivity contribution is -0.0447. The molecular formula is C14H18N2O3. The number of aliphatic hydroxyl groups is 1. The number of rotatable bonds is 2. The Bertz CT molecular complexity index is 490. The van der Waals surface area contributed by atoms with Gasteiger partial charge in [-0.25, -0.2) is 0 Å². The molecule has 0 aliphatic carbocycles. The predicted molar refractivity (Wildman–Crippen MR) is 69.7 cm³/mol. The first-order chi connectivity index (χ1) is 9.28. The second-order valence-electron chi connectivity index (χ2n) is 5.01. The first-order valence-corrected chi connectivity index (χ1v) is 6.62. The summed E-state index contributed by atoms with van der Waals surface area (Å²) in [5.41, 5.74) is 3.20. The van der Waals surface area contributed by atoms with E-state index >= 15 is 0 Å². The van der Waals surface area contributed by atoms with Gasteiger partial charge in [-0.1, -0.05) is 6.07 Å². The van der Waals surface area contributed by atoms with Crippen molar-refractivity contribution in [1.29, 1.82) is 0 Å². The molecule has 1 unspecified atom stereocenters. The third-order valence-electron chi connectivity index (χ3n) is 3.71. The number of nitrogens with zero attached hydrogens (tertiary/aromatic N) is 1. The summed E-state index contributed by atoms with van der Waals surface area (Å²) in [5, 5.41) is 12.4. The maximum absolute atomic E-state index is 12.4. The Balaban J connectivity index is 1.76. The van der Waals surface area contributed by atoms with Gasteiger partial charge in [0.15, 0.2) is 0 Å². The highest BCUT2D eigenvalue weighted by Gasteiger charge is 2.25. The molecule has 3 rings (SSSR count). The number of fused-ring (bicyclic) bond motifs is 1. The number of aliphatic hydroxyl groups excluding tert-OH is 1. The number of carbonyl (C=O) groups is 1. The molecule has 0 radical (unpaired) electrons. The smallest absolute Gasteiger partial charge is 0.254 e. The fourth-order valence-corrected chi connectivity index (χ4v) is 2.62. The summed E-state index contributed by atoms with van der Waals surface area (Å²) in [7, 11) is 0. The summed E-state index contributed by atoms with van der Waals surface area (Å²) in [6.45, 7) is 3.21. The quantitative estimate of drug-likeness (QED) is 0.795. The highest BCUT2D eigenvalue weighted by Crippen LogP contribution is 2.19. The van der Waals surface area contributed by atoms with Crippen LogP contribution >= 0.6 is 0 Å². The van der Waals surface area contributed by atoms with Gasteiger partial charge in [0.2, 0.25) is 0 Å². The molecule has 2 heterocycles. The molecule has 5 nitrogen and oxygen atoms in total. The van der Waals surface area contributed by atoms with Crippen molar-refractivity contribution in [3.05, 3.63) is 34.9 Å². The summed E-state index contributed by atoms with van der Waals surface area (Å²) in [6.07, 6.45) is -0.256. The van der Waals surface area contributed by atoms with Gasteiger partial charge >= 0.3 is 0 Å². The van der Waals surface area contributed by atoms with Gasteiger partial charge in [-0.2, -0.15) is 0 Å². The number of carbonyl (C=O) groups excluding carboxylic acids is 1. The van der Waals surface area contributed by atoms with Crippen LogP contribution in [0.25, 0.3) is 0 Å². The number of hydrogen-bond acceptors (Lipinski definition) is 4. The second-order valence-corrected chi connectivity index (χ2v) is 5.01. The molecule has 1 aromatic carbocycles. The zero-order chi connectivity index (χ0) is 13.2. The highest BCUT2D eigenvalue weighted by atomic mass is 16.5. The monoisotopic (exact) mass is 262 g/mol.